The minimum atomic E-state index is -4.86. The van der Waals surface area contributed by atoms with Crippen LogP contribution in [0.3, 0.4) is 0 Å². The van der Waals surface area contributed by atoms with Gasteiger partial charge in [0.1, 0.15) is 5.75 Å². The molecule has 2 aliphatic heterocycles. The van der Waals surface area contributed by atoms with Gasteiger partial charge in [0.25, 0.3) is 0 Å². The molecule has 0 bridgehead atoms. The van der Waals surface area contributed by atoms with Crippen LogP contribution < -0.4 is 9.64 Å². The molecule has 0 radical (unpaired) electrons. The summed E-state index contributed by atoms with van der Waals surface area (Å²) in [5.41, 5.74) is 1.12. The third-order valence-electron chi connectivity index (χ3n) is 4.56. The molecule has 0 spiro atoms. The van der Waals surface area contributed by atoms with E-state index in [0.717, 1.165) is 18.2 Å². The molecule has 0 aromatic heterocycles. The molecule has 0 atom stereocenters. The van der Waals surface area contributed by atoms with Crippen molar-refractivity contribution in [3.63, 3.8) is 0 Å². The number of cyclic esters (lactones) is 1. The predicted molar refractivity (Wildman–Crippen MR) is 102 cm³/mol. The number of rotatable bonds is 4. The summed E-state index contributed by atoms with van der Waals surface area (Å²) < 4.78 is 46.9. The van der Waals surface area contributed by atoms with E-state index in [1.54, 1.807) is 29.2 Å². The third kappa shape index (κ3) is 4.19. The van der Waals surface area contributed by atoms with Crippen LogP contribution >= 0.6 is 0 Å². The van der Waals surface area contributed by atoms with Crippen molar-refractivity contribution in [1.82, 2.24) is 0 Å². The van der Waals surface area contributed by atoms with E-state index in [9.17, 15) is 22.8 Å². The molecule has 0 N–H and O–H groups in total. The molecule has 0 unspecified atom stereocenters. The van der Waals surface area contributed by atoms with Gasteiger partial charge in [0.2, 0.25) is 11.8 Å². The lowest BCUT2D eigenvalue weighted by atomic mass is 10.1. The van der Waals surface area contributed by atoms with E-state index in [4.69, 9.17) is 4.74 Å². The Morgan fingerprint density at radius 2 is 1.80 bits per heavy atom. The summed E-state index contributed by atoms with van der Waals surface area (Å²) in [6.45, 7) is 0.653. The van der Waals surface area contributed by atoms with Gasteiger partial charge in [-0.15, -0.1) is 13.2 Å². The molecule has 1 fully saturated rings. The van der Waals surface area contributed by atoms with Crippen molar-refractivity contribution in [2.75, 3.05) is 11.4 Å². The number of hydrogen-bond donors (Lipinski definition) is 0. The zero-order valence-electron chi connectivity index (χ0n) is 15.5. The van der Waals surface area contributed by atoms with E-state index in [-0.39, 0.29) is 23.1 Å². The van der Waals surface area contributed by atoms with Gasteiger partial charge in [0.15, 0.2) is 5.70 Å². The molecule has 6 nitrogen and oxygen atoms in total. The Labute approximate surface area is 169 Å². The minimum Gasteiger partial charge on any atom is -0.405 e. The molecule has 2 aromatic carbocycles. The number of carbonyl (C=O) groups excluding carboxylic acids is 2. The number of amides is 1. The van der Waals surface area contributed by atoms with E-state index in [1.807, 2.05) is 0 Å². The maximum Gasteiger partial charge on any atom is 0.573 e. The van der Waals surface area contributed by atoms with Gasteiger partial charge in [0, 0.05) is 29.8 Å². The molecule has 1 saturated heterocycles. The van der Waals surface area contributed by atoms with Crippen molar-refractivity contribution in [2.45, 2.75) is 19.2 Å². The highest BCUT2D eigenvalue weighted by molar-refractivity contribution is 6.13. The number of alkyl halides is 3. The quantitative estimate of drug-likeness (QED) is 0.557. The molecule has 9 heteroatoms. The van der Waals surface area contributed by atoms with Gasteiger partial charge >= 0.3 is 12.3 Å². The van der Waals surface area contributed by atoms with Gasteiger partial charge < -0.3 is 14.4 Å². The largest absolute Gasteiger partial charge is 0.573 e. The number of halogens is 3. The van der Waals surface area contributed by atoms with Crippen molar-refractivity contribution >= 4 is 29.5 Å². The highest BCUT2D eigenvalue weighted by Gasteiger charge is 2.32. The Kier molecular flexibility index (Phi) is 5.03. The van der Waals surface area contributed by atoms with Gasteiger partial charge in [-0.2, -0.15) is 0 Å². The molecule has 4 rings (SSSR count). The summed E-state index contributed by atoms with van der Waals surface area (Å²) in [6.07, 6.45) is -2.37. The van der Waals surface area contributed by atoms with E-state index in [1.165, 1.54) is 24.3 Å². The highest BCUT2D eigenvalue weighted by Crippen LogP contribution is 2.29. The first-order valence-electron chi connectivity index (χ1n) is 9.08. The maximum atomic E-state index is 12.6. The van der Waals surface area contributed by atoms with Gasteiger partial charge in [0.05, 0.1) is 0 Å². The van der Waals surface area contributed by atoms with Gasteiger partial charge in [-0.3, -0.25) is 4.79 Å². The van der Waals surface area contributed by atoms with Crippen molar-refractivity contribution in [1.29, 1.82) is 0 Å². The van der Waals surface area contributed by atoms with Crippen LogP contribution in [0.15, 0.2) is 59.2 Å². The number of esters is 1. The second-order valence-corrected chi connectivity index (χ2v) is 6.62. The highest BCUT2D eigenvalue weighted by atomic mass is 19.4. The van der Waals surface area contributed by atoms with Crippen molar-refractivity contribution in [2.24, 2.45) is 4.99 Å². The van der Waals surface area contributed by atoms with E-state index in [0.29, 0.717) is 18.5 Å². The number of hydrogen-bond acceptors (Lipinski definition) is 5. The summed E-state index contributed by atoms with van der Waals surface area (Å²) >= 11 is 0. The number of aliphatic imine (C=N–C) groups is 1. The van der Waals surface area contributed by atoms with E-state index in [2.05, 4.69) is 9.73 Å². The zero-order valence-corrected chi connectivity index (χ0v) is 15.5. The molecule has 30 heavy (non-hydrogen) atoms. The maximum absolute atomic E-state index is 12.6. The number of anilines is 1. The van der Waals surface area contributed by atoms with Crippen molar-refractivity contribution in [3.8, 4) is 5.75 Å². The number of nitrogens with zero attached hydrogens (tertiary/aromatic N) is 2. The average Bonchev–Trinajstić information content (AvgIpc) is 3.28. The molecule has 0 aliphatic carbocycles. The first-order valence-corrected chi connectivity index (χ1v) is 9.08. The van der Waals surface area contributed by atoms with Crippen LogP contribution in [0.4, 0.5) is 18.9 Å². The van der Waals surface area contributed by atoms with Crippen LogP contribution in [0.1, 0.15) is 24.0 Å². The number of carbonyl (C=O) groups is 2. The molecule has 154 valence electrons. The van der Waals surface area contributed by atoms with Crippen LogP contribution in [-0.2, 0) is 14.3 Å². The second kappa shape index (κ2) is 7.66. The van der Waals surface area contributed by atoms with Crippen LogP contribution in [-0.4, -0.2) is 30.7 Å². The molecular weight excluding hydrogens is 401 g/mol. The van der Waals surface area contributed by atoms with Crippen LogP contribution in [0.5, 0.6) is 5.75 Å². The molecule has 2 aromatic rings. The van der Waals surface area contributed by atoms with Crippen molar-refractivity contribution < 1.29 is 32.2 Å². The van der Waals surface area contributed by atoms with Crippen LogP contribution in [0, 0.1) is 0 Å². The summed E-state index contributed by atoms with van der Waals surface area (Å²) in [6, 6.07) is 12.2. The smallest absolute Gasteiger partial charge is 0.405 e. The standard InChI is InChI=1S/C21H15F3N2O4/c22-21(23,24)30-17-5-2-1-4-14(17)12-16-20(28)29-19(25-16)13-7-9-15(10-8-13)26-11-3-6-18(26)27/h1-2,4-5,7-10,12H,3,6,11H2. The van der Waals surface area contributed by atoms with Gasteiger partial charge in [-0.1, -0.05) is 18.2 Å². The van der Waals surface area contributed by atoms with Crippen LogP contribution in [0.2, 0.25) is 0 Å². The van der Waals surface area contributed by atoms with Crippen molar-refractivity contribution in [3.05, 3.63) is 65.4 Å². The zero-order chi connectivity index (χ0) is 21.3. The first kappa shape index (κ1) is 19.7. The number of benzene rings is 2. The fraction of sp³-hybridized carbons (Fsp3) is 0.190. The Morgan fingerprint density at radius 3 is 2.47 bits per heavy atom. The number of ether oxygens (including phenoxy) is 2. The Hall–Kier alpha value is -3.62. The lowest BCUT2D eigenvalue weighted by molar-refractivity contribution is -0.274. The topological polar surface area (TPSA) is 68.2 Å². The molecule has 2 heterocycles. The number of para-hydroxylation sites is 1. The minimum absolute atomic E-state index is 0.0276. The summed E-state index contributed by atoms with van der Waals surface area (Å²) in [4.78, 5) is 29.8. The Morgan fingerprint density at radius 1 is 1.07 bits per heavy atom. The van der Waals surface area contributed by atoms with Crippen LogP contribution in [0.25, 0.3) is 6.08 Å². The molecule has 1 amide bonds. The SMILES string of the molecule is O=C1OC(c2ccc(N3CCCC3=O)cc2)=NC1=Cc1ccccc1OC(F)(F)F. The first-order chi connectivity index (χ1) is 14.3. The summed E-state index contributed by atoms with van der Waals surface area (Å²) in [5.74, 6) is -1.16. The fourth-order valence-corrected chi connectivity index (χ4v) is 3.20. The van der Waals surface area contributed by atoms with E-state index >= 15 is 0 Å². The Bertz CT molecular complexity index is 1060. The lowest BCUT2D eigenvalue weighted by Crippen LogP contribution is -2.23. The Balaban J connectivity index is 1.58. The normalized spacial score (nSPS) is 18.0. The third-order valence-corrected chi connectivity index (χ3v) is 4.56. The molecular formula is C21H15F3N2O4. The predicted octanol–water partition coefficient (Wildman–Crippen LogP) is 4.06. The summed E-state index contributed by atoms with van der Waals surface area (Å²) in [7, 11) is 0. The van der Waals surface area contributed by atoms with Gasteiger partial charge in [-0.25, -0.2) is 9.79 Å². The fourth-order valence-electron chi connectivity index (χ4n) is 3.20. The lowest BCUT2D eigenvalue weighted by Gasteiger charge is -2.15. The monoisotopic (exact) mass is 416 g/mol. The molecule has 2 aliphatic rings. The second-order valence-electron chi connectivity index (χ2n) is 6.62. The van der Waals surface area contributed by atoms with E-state index < -0.39 is 18.1 Å². The van der Waals surface area contributed by atoms with Gasteiger partial charge in [-0.05, 0) is 42.8 Å². The molecule has 0 saturated carbocycles. The average molecular weight is 416 g/mol. The summed E-state index contributed by atoms with van der Waals surface area (Å²) in [5, 5.41) is 0.